The van der Waals surface area contributed by atoms with Crippen molar-refractivity contribution in [1.82, 2.24) is 19.8 Å². The number of benzene rings is 1. The molecule has 0 aliphatic carbocycles. The normalized spacial score (nSPS) is 15.4. The molecule has 1 aliphatic heterocycles. The Hall–Kier alpha value is -1.43. The van der Waals surface area contributed by atoms with Gasteiger partial charge in [-0.05, 0) is 58.1 Å². The molecule has 1 aromatic carbocycles. The highest BCUT2D eigenvalue weighted by atomic mass is 35.5. The number of halogens is 1. The van der Waals surface area contributed by atoms with Gasteiger partial charge < -0.3 is 10.2 Å². The number of fused-ring (bicyclic) bond motifs is 1. The van der Waals surface area contributed by atoms with E-state index in [1.54, 1.807) is 16.7 Å². The lowest BCUT2D eigenvalue weighted by Crippen LogP contribution is -2.24. The number of aromatic nitrogens is 2. The van der Waals surface area contributed by atoms with Crippen molar-refractivity contribution >= 4 is 22.5 Å². The predicted molar refractivity (Wildman–Crippen MR) is 110 cm³/mol. The average molecular weight is 379 g/mol. The fourth-order valence-electron chi connectivity index (χ4n) is 3.07. The van der Waals surface area contributed by atoms with Gasteiger partial charge in [-0.3, -0.25) is 9.36 Å². The van der Waals surface area contributed by atoms with Crippen molar-refractivity contribution in [3.8, 4) is 0 Å². The third-order valence-electron chi connectivity index (χ3n) is 4.63. The quantitative estimate of drug-likeness (QED) is 0.886. The van der Waals surface area contributed by atoms with E-state index in [1.807, 2.05) is 13.0 Å². The Bertz CT molecular complexity index is 751. The Morgan fingerprint density at radius 1 is 1.23 bits per heavy atom. The van der Waals surface area contributed by atoms with Crippen molar-refractivity contribution < 1.29 is 0 Å². The highest BCUT2D eigenvalue weighted by Crippen LogP contribution is 2.16. The van der Waals surface area contributed by atoms with Crippen molar-refractivity contribution in [3.63, 3.8) is 0 Å². The minimum absolute atomic E-state index is 0.0103. The van der Waals surface area contributed by atoms with Gasteiger partial charge in [0.05, 0.1) is 10.9 Å². The van der Waals surface area contributed by atoms with E-state index < -0.39 is 0 Å². The molecule has 144 valence electrons. The number of nitrogens with one attached hydrogen (secondary N) is 1. The SMILES string of the molecule is CCCCc1nc2ccc(Cl)cc2c(=O)n1CC.CN1CCCNCC1. The number of hydrogen-bond acceptors (Lipinski definition) is 4. The Balaban J connectivity index is 0.000000254. The second-order valence-corrected chi connectivity index (χ2v) is 7.19. The van der Waals surface area contributed by atoms with Crippen molar-refractivity contribution in [3.05, 3.63) is 39.4 Å². The predicted octanol–water partition coefficient (Wildman–Crippen LogP) is 3.32. The smallest absolute Gasteiger partial charge is 0.261 e. The zero-order valence-corrected chi connectivity index (χ0v) is 17.0. The van der Waals surface area contributed by atoms with Gasteiger partial charge in [0.2, 0.25) is 0 Å². The van der Waals surface area contributed by atoms with E-state index in [0.29, 0.717) is 17.0 Å². The van der Waals surface area contributed by atoms with Crippen LogP contribution in [0, 0.1) is 0 Å². The van der Waals surface area contributed by atoms with Crippen molar-refractivity contribution in [2.75, 3.05) is 33.2 Å². The minimum atomic E-state index is 0.0103. The standard InChI is InChI=1S/C14H17ClN2O.C6H14N2/c1-3-5-6-13-16-12-8-7-10(15)9-11(12)14(18)17(13)4-2;1-8-5-2-3-7-4-6-8/h7-9H,3-6H2,1-2H3;7H,2-6H2,1H3. The van der Waals surface area contributed by atoms with Gasteiger partial charge in [0, 0.05) is 31.1 Å². The zero-order chi connectivity index (χ0) is 18.9. The lowest BCUT2D eigenvalue weighted by atomic mass is 10.2. The van der Waals surface area contributed by atoms with Crippen LogP contribution in [0.5, 0.6) is 0 Å². The van der Waals surface area contributed by atoms with Crippen molar-refractivity contribution in [2.24, 2.45) is 0 Å². The molecule has 0 saturated carbocycles. The summed E-state index contributed by atoms with van der Waals surface area (Å²) in [7, 11) is 2.17. The molecule has 2 heterocycles. The lowest BCUT2D eigenvalue weighted by molar-refractivity contribution is 0.358. The third kappa shape index (κ3) is 5.79. The Morgan fingerprint density at radius 2 is 2.04 bits per heavy atom. The van der Waals surface area contributed by atoms with Crippen molar-refractivity contribution in [2.45, 2.75) is 46.1 Å². The maximum Gasteiger partial charge on any atom is 0.261 e. The average Bonchev–Trinajstić information content (AvgIpc) is 2.89. The van der Waals surface area contributed by atoms with Crippen LogP contribution in [0.4, 0.5) is 0 Å². The van der Waals surface area contributed by atoms with E-state index in [1.165, 1.54) is 26.1 Å². The fraction of sp³-hybridized carbons (Fsp3) is 0.600. The number of rotatable bonds is 4. The van der Waals surface area contributed by atoms with Gasteiger partial charge in [-0.25, -0.2) is 4.98 Å². The molecule has 0 bridgehead atoms. The van der Waals surface area contributed by atoms with E-state index in [-0.39, 0.29) is 5.56 Å². The molecular formula is C20H31ClN4O. The topological polar surface area (TPSA) is 50.2 Å². The summed E-state index contributed by atoms with van der Waals surface area (Å²) in [5.74, 6) is 0.874. The molecule has 0 amide bonds. The zero-order valence-electron chi connectivity index (χ0n) is 16.2. The molecule has 1 aliphatic rings. The molecule has 1 N–H and O–H groups in total. The van der Waals surface area contributed by atoms with Crippen molar-refractivity contribution in [1.29, 1.82) is 0 Å². The van der Waals surface area contributed by atoms with E-state index in [2.05, 4.69) is 29.2 Å². The maximum atomic E-state index is 12.4. The summed E-state index contributed by atoms with van der Waals surface area (Å²) in [4.78, 5) is 19.3. The van der Waals surface area contributed by atoms with Gasteiger partial charge >= 0.3 is 0 Å². The van der Waals surface area contributed by atoms with Gasteiger partial charge in [0.1, 0.15) is 5.82 Å². The summed E-state index contributed by atoms with van der Waals surface area (Å²) in [5, 5.41) is 4.51. The van der Waals surface area contributed by atoms with E-state index in [4.69, 9.17) is 11.6 Å². The Morgan fingerprint density at radius 3 is 2.77 bits per heavy atom. The lowest BCUT2D eigenvalue weighted by Gasteiger charge is -2.11. The number of unbranched alkanes of at least 4 members (excludes halogenated alkanes) is 1. The molecule has 1 saturated heterocycles. The summed E-state index contributed by atoms with van der Waals surface area (Å²) in [5.41, 5.74) is 0.747. The van der Waals surface area contributed by atoms with Gasteiger partial charge in [-0.2, -0.15) is 0 Å². The summed E-state index contributed by atoms with van der Waals surface area (Å²) in [6, 6.07) is 5.28. The molecule has 1 aromatic heterocycles. The van der Waals surface area contributed by atoms with Crippen LogP contribution in [0.1, 0.15) is 38.9 Å². The van der Waals surface area contributed by atoms with E-state index in [9.17, 15) is 4.79 Å². The van der Waals surface area contributed by atoms with Crippen LogP contribution in [0.3, 0.4) is 0 Å². The molecule has 5 nitrogen and oxygen atoms in total. The largest absolute Gasteiger partial charge is 0.315 e. The molecule has 0 unspecified atom stereocenters. The molecule has 26 heavy (non-hydrogen) atoms. The third-order valence-corrected chi connectivity index (χ3v) is 4.86. The summed E-state index contributed by atoms with van der Waals surface area (Å²) < 4.78 is 1.74. The monoisotopic (exact) mass is 378 g/mol. The number of nitrogens with zero attached hydrogens (tertiary/aromatic N) is 3. The minimum Gasteiger partial charge on any atom is -0.315 e. The Labute approximate surface area is 161 Å². The van der Waals surface area contributed by atoms with E-state index >= 15 is 0 Å². The van der Waals surface area contributed by atoms with Crippen LogP contribution in [-0.2, 0) is 13.0 Å². The second-order valence-electron chi connectivity index (χ2n) is 6.75. The summed E-state index contributed by atoms with van der Waals surface area (Å²) >= 11 is 5.93. The first-order chi connectivity index (χ1) is 12.6. The number of aryl methyl sites for hydroxylation is 1. The molecular weight excluding hydrogens is 348 g/mol. The summed E-state index contributed by atoms with van der Waals surface area (Å²) in [6.45, 7) is 9.57. The molecule has 0 radical (unpaired) electrons. The van der Waals surface area contributed by atoms with Crippen LogP contribution >= 0.6 is 11.6 Å². The van der Waals surface area contributed by atoms with Crippen LogP contribution in [0.25, 0.3) is 10.9 Å². The first kappa shape index (κ1) is 20.9. The number of hydrogen-bond donors (Lipinski definition) is 1. The van der Waals surface area contributed by atoms with Gasteiger partial charge in [-0.1, -0.05) is 24.9 Å². The highest BCUT2D eigenvalue weighted by molar-refractivity contribution is 6.31. The maximum absolute atomic E-state index is 12.4. The molecule has 1 fully saturated rings. The molecule has 3 rings (SSSR count). The fourth-order valence-corrected chi connectivity index (χ4v) is 3.24. The first-order valence-electron chi connectivity index (χ1n) is 9.65. The molecule has 0 spiro atoms. The molecule has 0 atom stereocenters. The van der Waals surface area contributed by atoms with Gasteiger partial charge in [-0.15, -0.1) is 0 Å². The van der Waals surface area contributed by atoms with E-state index in [0.717, 1.165) is 37.1 Å². The molecule has 2 aromatic rings. The van der Waals surface area contributed by atoms with Crippen LogP contribution < -0.4 is 10.9 Å². The first-order valence-corrected chi connectivity index (χ1v) is 10.0. The number of likely N-dealkylation sites (N-methyl/N-ethyl adjacent to an activating group) is 1. The van der Waals surface area contributed by atoms with Crippen LogP contribution in [0.2, 0.25) is 5.02 Å². The van der Waals surface area contributed by atoms with Gasteiger partial charge in [0.25, 0.3) is 5.56 Å². The highest BCUT2D eigenvalue weighted by Gasteiger charge is 2.09. The Kier molecular flexibility index (Phi) is 8.55. The summed E-state index contributed by atoms with van der Waals surface area (Å²) in [6.07, 6.45) is 4.29. The van der Waals surface area contributed by atoms with Gasteiger partial charge in [0.15, 0.2) is 0 Å². The molecule has 6 heteroatoms. The van der Waals surface area contributed by atoms with Crippen LogP contribution in [0.15, 0.2) is 23.0 Å². The van der Waals surface area contributed by atoms with Crippen LogP contribution in [-0.4, -0.2) is 47.7 Å². The second kappa shape index (κ2) is 10.7.